The molecule has 0 aromatic heterocycles. The van der Waals surface area contributed by atoms with Gasteiger partial charge in [0.05, 0.1) is 12.0 Å². The summed E-state index contributed by atoms with van der Waals surface area (Å²) in [5.41, 5.74) is 4.93. The maximum Gasteiger partial charge on any atom is 0.312 e. The maximum atomic E-state index is 11.6. The Labute approximate surface area is 91.1 Å². The third-order valence-electron chi connectivity index (χ3n) is 2.85. The highest BCUT2D eigenvalue weighted by molar-refractivity contribution is 5.76. The Morgan fingerprint density at radius 3 is 2.60 bits per heavy atom. The van der Waals surface area contributed by atoms with Crippen molar-refractivity contribution in [3.63, 3.8) is 0 Å². The zero-order valence-corrected chi connectivity index (χ0v) is 9.62. The molecule has 4 heteroatoms. The lowest BCUT2D eigenvalue weighted by Gasteiger charge is -2.25. The molecule has 0 amide bonds. The van der Waals surface area contributed by atoms with Crippen molar-refractivity contribution in [3.05, 3.63) is 0 Å². The monoisotopic (exact) mass is 215 g/mol. The second kappa shape index (κ2) is 5.47. The quantitative estimate of drug-likeness (QED) is 0.709. The normalized spacial score (nSPS) is 18.9. The molecule has 1 rings (SSSR count). The predicted octanol–water partition coefficient (Wildman–Crippen LogP) is 0.941. The van der Waals surface area contributed by atoms with Crippen LogP contribution in [0.5, 0.6) is 0 Å². The molecule has 1 fully saturated rings. The van der Waals surface area contributed by atoms with Gasteiger partial charge in [-0.1, -0.05) is 0 Å². The Hall–Kier alpha value is -0.610. The summed E-state index contributed by atoms with van der Waals surface area (Å²) in [6.07, 6.45) is 1.96. The second-order valence-electron chi connectivity index (χ2n) is 4.74. The SMILES string of the molecule is CC(C)(CN)C(=O)OCC1CCOCC1. The van der Waals surface area contributed by atoms with Crippen LogP contribution in [-0.2, 0) is 14.3 Å². The fraction of sp³-hybridized carbons (Fsp3) is 0.909. The van der Waals surface area contributed by atoms with Gasteiger partial charge in [0.2, 0.25) is 0 Å². The van der Waals surface area contributed by atoms with E-state index in [2.05, 4.69) is 0 Å². The highest BCUT2D eigenvalue weighted by Crippen LogP contribution is 2.19. The summed E-state index contributed by atoms with van der Waals surface area (Å²) < 4.78 is 10.5. The van der Waals surface area contributed by atoms with Crippen molar-refractivity contribution in [3.8, 4) is 0 Å². The van der Waals surface area contributed by atoms with Crippen LogP contribution in [0.25, 0.3) is 0 Å². The standard InChI is InChI=1S/C11H21NO3/c1-11(2,8-12)10(13)15-7-9-3-5-14-6-4-9/h9H,3-8,12H2,1-2H3. The summed E-state index contributed by atoms with van der Waals surface area (Å²) in [5.74, 6) is 0.257. The van der Waals surface area contributed by atoms with Crippen LogP contribution in [0, 0.1) is 11.3 Å². The van der Waals surface area contributed by atoms with Crippen LogP contribution in [0.15, 0.2) is 0 Å². The zero-order valence-electron chi connectivity index (χ0n) is 9.62. The molecular formula is C11H21NO3. The summed E-state index contributed by atoms with van der Waals surface area (Å²) in [4.78, 5) is 11.6. The van der Waals surface area contributed by atoms with E-state index in [-0.39, 0.29) is 5.97 Å². The molecule has 0 atom stereocenters. The van der Waals surface area contributed by atoms with Gasteiger partial charge in [-0.05, 0) is 32.6 Å². The number of esters is 1. The van der Waals surface area contributed by atoms with Crippen molar-refractivity contribution in [2.45, 2.75) is 26.7 Å². The summed E-state index contributed by atoms with van der Waals surface area (Å²) in [6, 6.07) is 0. The molecule has 88 valence electrons. The number of hydrogen-bond donors (Lipinski definition) is 1. The fourth-order valence-electron chi connectivity index (χ4n) is 1.39. The molecule has 0 bridgehead atoms. The van der Waals surface area contributed by atoms with E-state index >= 15 is 0 Å². The van der Waals surface area contributed by atoms with E-state index < -0.39 is 5.41 Å². The molecule has 1 aliphatic rings. The van der Waals surface area contributed by atoms with Crippen molar-refractivity contribution in [1.29, 1.82) is 0 Å². The number of nitrogens with two attached hydrogens (primary N) is 1. The van der Waals surface area contributed by atoms with Gasteiger partial charge in [0, 0.05) is 19.8 Å². The minimum absolute atomic E-state index is 0.198. The average Bonchev–Trinajstić information content (AvgIpc) is 2.27. The van der Waals surface area contributed by atoms with E-state index in [1.807, 2.05) is 0 Å². The van der Waals surface area contributed by atoms with Crippen LogP contribution >= 0.6 is 0 Å². The van der Waals surface area contributed by atoms with Crippen molar-refractivity contribution in [1.82, 2.24) is 0 Å². The van der Waals surface area contributed by atoms with Crippen LogP contribution < -0.4 is 5.73 Å². The van der Waals surface area contributed by atoms with Gasteiger partial charge in [0.25, 0.3) is 0 Å². The maximum absolute atomic E-state index is 11.6. The molecule has 0 spiro atoms. The van der Waals surface area contributed by atoms with Gasteiger partial charge in [-0.25, -0.2) is 0 Å². The number of rotatable bonds is 4. The topological polar surface area (TPSA) is 61.6 Å². The second-order valence-corrected chi connectivity index (χ2v) is 4.74. The molecule has 1 saturated heterocycles. The molecule has 0 unspecified atom stereocenters. The molecule has 0 aliphatic carbocycles. The van der Waals surface area contributed by atoms with Gasteiger partial charge in [0.1, 0.15) is 0 Å². The average molecular weight is 215 g/mol. The number of hydrogen-bond acceptors (Lipinski definition) is 4. The van der Waals surface area contributed by atoms with Gasteiger partial charge in [-0.15, -0.1) is 0 Å². The molecule has 1 aliphatic heterocycles. The van der Waals surface area contributed by atoms with Crippen LogP contribution in [0.4, 0.5) is 0 Å². The Kier molecular flexibility index (Phi) is 4.54. The third kappa shape index (κ3) is 3.80. The summed E-state index contributed by atoms with van der Waals surface area (Å²) in [7, 11) is 0. The smallest absolute Gasteiger partial charge is 0.312 e. The molecule has 0 saturated carbocycles. The van der Waals surface area contributed by atoms with Crippen molar-refractivity contribution < 1.29 is 14.3 Å². The first-order valence-electron chi connectivity index (χ1n) is 5.51. The van der Waals surface area contributed by atoms with Crippen LogP contribution in [-0.4, -0.2) is 32.3 Å². The summed E-state index contributed by atoms with van der Waals surface area (Å²) >= 11 is 0. The van der Waals surface area contributed by atoms with E-state index in [4.69, 9.17) is 15.2 Å². The number of carbonyl (C=O) groups is 1. The molecule has 0 aromatic rings. The molecule has 4 nitrogen and oxygen atoms in total. The van der Waals surface area contributed by atoms with E-state index in [1.54, 1.807) is 13.8 Å². The minimum atomic E-state index is -0.564. The first kappa shape index (κ1) is 12.5. The highest BCUT2D eigenvalue weighted by Gasteiger charge is 2.28. The lowest BCUT2D eigenvalue weighted by atomic mass is 9.94. The van der Waals surface area contributed by atoms with Gasteiger partial charge in [-0.2, -0.15) is 0 Å². The Morgan fingerprint density at radius 2 is 2.07 bits per heavy atom. The van der Waals surface area contributed by atoms with Crippen LogP contribution in [0.1, 0.15) is 26.7 Å². The first-order valence-corrected chi connectivity index (χ1v) is 5.51. The fourth-order valence-corrected chi connectivity index (χ4v) is 1.39. The Balaban J connectivity index is 2.26. The summed E-state index contributed by atoms with van der Waals surface area (Å²) in [5, 5.41) is 0. The lowest BCUT2D eigenvalue weighted by molar-refractivity contribution is -0.155. The highest BCUT2D eigenvalue weighted by atomic mass is 16.5. The van der Waals surface area contributed by atoms with Crippen molar-refractivity contribution in [2.75, 3.05) is 26.4 Å². The van der Waals surface area contributed by atoms with E-state index in [0.717, 1.165) is 26.1 Å². The van der Waals surface area contributed by atoms with E-state index in [1.165, 1.54) is 0 Å². The minimum Gasteiger partial charge on any atom is -0.465 e. The largest absolute Gasteiger partial charge is 0.465 e. The molecule has 15 heavy (non-hydrogen) atoms. The molecule has 2 N–H and O–H groups in total. The van der Waals surface area contributed by atoms with Gasteiger partial charge >= 0.3 is 5.97 Å². The van der Waals surface area contributed by atoms with Crippen LogP contribution in [0.2, 0.25) is 0 Å². The first-order chi connectivity index (χ1) is 7.06. The predicted molar refractivity (Wildman–Crippen MR) is 57.3 cm³/mol. The van der Waals surface area contributed by atoms with E-state index in [9.17, 15) is 4.79 Å². The lowest BCUT2D eigenvalue weighted by Crippen LogP contribution is -2.35. The third-order valence-corrected chi connectivity index (χ3v) is 2.85. The molecular weight excluding hydrogens is 194 g/mol. The number of carbonyl (C=O) groups excluding carboxylic acids is 1. The molecule has 0 aromatic carbocycles. The zero-order chi connectivity index (χ0) is 11.3. The van der Waals surface area contributed by atoms with Gasteiger partial charge in [0.15, 0.2) is 0 Å². The molecule has 0 radical (unpaired) electrons. The van der Waals surface area contributed by atoms with Gasteiger partial charge < -0.3 is 15.2 Å². The number of ether oxygens (including phenoxy) is 2. The van der Waals surface area contributed by atoms with Gasteiger partial charge in [-0.3, -0.25) is 4.79 Å². The van der Waals surface area contributed by atoms with Crippen molar-refractivity contribution in [2.24, 2.45) is 17.1 Å². The molecule has 1 heterocycles. The Morgan fingerprint density at radius 1 is 1.47 bits per heavy atom. The summed E-state index contributed by atoms with van der Waals surface area (Å²) in [6.45, 7) is 5.99. The Bertz CT molecular complexity index is 210. The van der Waals surface area contributed by atoms with Crippen molar-refractivity contribution >= 4 is 5.97 Å². The van der Waals surface area contributed by atoms with Crippen LogP contribution in [0.3, 0.4) is 0 Å². The van der Waals surface area contributed by atoms with E-state index in [0.29, 0.717) is 19.1 Å².